The fraction of sp³-hybridized carbons (Fsp3) is 0.667. The van der Waals surface area contributed by atoms with Gasteiger partial charge < -0.3 is 15.4 Å². The van der Waals surface area contributed by atoms with E-state index in [1.165, 1.54) is 10.4 Å². The van der Waals surface area contributed by atoms with Gasteiger partial charge in [-0.1, -0.05) is 0 Å². The van der Waals surface area contributed by atoms with Crippen molar-refractivity contribution in [3.8, 4) is 0 Å². The molecule has 1 aromatic heterocycles. The van der Waals surface area contributed by atoms with Gasteiger partial charge in [-0.25, -0.2) is 0 Å². The predicted octanol–water partition coefficient (Wildman–Crippen LogP) is 1.46. The van der Waals surface area contributed by atoms with Crippen LogP contribution in [-0.4, -0.2) is 38.3 Å². The van der Waals surface area contributed by atoms with E-state index in [9.17, 15) is 0 Å². The average molecular weight is 240 g/mol. The molecule has 0 radical (unpaired) electrons. The van der Waals surface area contributed by atoms with Gasteiger partial charge in [-0.3, -0.25) is 0 Å². The van der Waals surface area contributed by atoms with E-state index in [0.29, 0.717) is 0 Å². The van der Waals surface area contributed by atoms with E-state index >= 15 is 0 Å². The Balaban J connectivity index is 1.89. The third-order valence-electron chi connectivity index (χ3n) is 3.24. The Morgan fingerprint density at radius 1 is 1.56 bits per heavy atom. The van der Waals surface area contributed by atoms with Crippen LogP contribution in [0.1, 0.15) is 10.4 Å². The van der Waals surface area contributed by atoms with Crippen molar-refractivity contribution in [1.82, 2.24) is 4.90 Å². The first kappa shape index (κ1) is 12.0. The second kappa shape index (κ2) is 4.84. The van der Waals surface area contributed by atoms with Crippen LogP contribution in [0, 0.1) is 12.3 Å². The minimum Gasteiger partial charge on any atom is -0.380 e. The van der Waals surface area contributed by atoms with Crippen LogP contribution < -0.4 is 5.73 Å². The Labute approximate surface area is 101 Å². The molecule has 1 aromatic rings. The van der Waals surface area contributed by atoms with Crippen molar-refractivity contribution in [2.75, 3.05) is 33.4 Å². The summed E-state index contributed by atoms with van der Waals surface area (Å²) in [6.45, 7) is 6.58. The summed E-state index contributed by atoms with van der Waals surface area (Å²) in [5.41, 5.74) is 7.42. The van der Waals surface area contributed by atoms with E-state index in [4.69, 9.17) is 10.5 Å². The third kappa shape index (κ3) is 2.46. The molecule has 3 nitrogen and oxygen atoms in total. The van der Waals surface area contributed by atoms with Crippen LogP contribution in [-0.2, 0) is 11.3 Å². The summed E-state index contributed by atoms with van der Waals surface area (Å²) in [5.74, 6) is 0. The summed E-state index contributed by atoms with van der Waals surface area (Å²) in [4.78, 5) is 3.81. The Morgan fingerprint density at radius 3 is 2.75 bits per heavy atom. The van der Waals surface area contributed by atoms with Gasteiger partial charge in [-0.2, -0.15) is 0 Å². The largest absolute Gasteiger partial charge is 0.380 e. The molecule has 0 aliphatic carbocycles. The predicted molar refractivity (Wildman–Crippen MR) is 67.7 cm³/mol. The van der Waals surface area contributed by atoms with Gasteiger partial charge in [-0.15, -0.1) is 11.3 Å². The number of ether oxygens (including phenoxy) is 1. The number of hydrogen-bond acceptors (Lipinski definition) is 4. The first-order valence-electron chi connectivity index (χ1n) is 5.64. The summed E-state index contributed by atoms with van der Waals surface area (Å²) in [5, 5.41) is 2.16. The van der Waals surface area contributed by atoms with Gasteiger partial charge in [0.05, 0.1) is 13.2 Å². The Bertz CT molecular complexity index is 341. The standard InChI is InChI=1S/C12H20N2OS/c1-10-3-4-16-11(10)5-14(2)7-12(6-13)8-15-9-12/h3-4H,5-9,13H2,1-2H3. The molecule has 0 unspecified atom stereocenters. The minimum atomic E-state index is 0.208. The van der Waals surface area contributed by atoms with E-state index in [1.54, 1.807) is 0 Å². The second-order valence-corrected chi connectivity index (χ2v) is 5.90. The molecule has 2 rings (SSSR count). The van der Waals surface area contributed by atoms with Crippen LogP contribution >= 0.6 is 11.3 Å². The van der Waals surface area contributed by atoms with E-state index in [0.717, 1.165) is 32.8 Å². The van der Waals surface area contributed by atoms with Crippen molar-refractivity contribution in [3.63, 3.8) is 0 Å². The molecule has 0 atom stereocenters. The topological polar surface area (TPSA) is 38.5 Å². The molecular weight excluding hydrogens is 220 g/mol. The maximum Gasteiger partial charge on any atom is 0.0569 e. The van der Waals surface area contributed by atoms with Gasteiger partial charge >= 0.3 is 0 Å². The summed E-state index contributed by atoms with van der Waals surface area (Å²) in [7, 11) is 2.16. The van der Waals surface area contributed by atoms with Crippen LogP contribution in [0.15, 0.2) is 11.4 Å². The highest BCUT2D eigenvalue weighted by Gasteiger charge is 2.38. The first-order valence-corrected chi connectivity index (χ1v) is 6.52. The van der Waals surface area contributed by atoms with Crippen LogP contribution in [0.3, 0.4) is 0 Å². The van der Waals surface area contributed by atoms with Gasteiger partial charge in [0, 0.05) is 29.9 Å². The lowest BCUT2D eigenvalue weighted by molar-refractivity contribution is -0.118. The van der Waals surface area contributed by atoms with Crippen molar-refractivity contribution in [1.29, 1.82) is 0 Å². The lowest BCUT2D eigenvalue weighted by atomic mass is 9.85. The molecule has 0 saturated carbocycles. The number of rotatable bonds is 5. The maximum absolute atomic E-state index is 5.82. The van der Waals surface area contributed by atoms with E-state index in [-0.39, 0.29) is 5.41 Å². The Kier molecular flexibility index (Phi) is 3.64. The molecule has 0 aromatic carbocycles. The van der Waals surface area contributed by atoms with Crippen molar-refractivity contribution in [2.45, 2.75) is 13.5 Å². The number of nitrogens with zero attached hydrogens (tertiary/aromatic N) is 1. The zero-order valence-corrected chi connectivity index (χ0v) is 10.8. The quantitative estimate of drug-likeness (QED) is 0.847. The van der Waals surface area contributed by atoms with Crippen LogP contribution in [0.5, 0.6) is 0 Å². The molecule has 16 heavy (non-hydrogen) atoms. The molecular formula is C12H20N2OS. The zero-order valence-electron chi connectivity index (χ0n) is 10.0. The van der Waals surface area contributed by atoms with E-state index in [2.05, 4.69) is 30.3 Å². The number of nitrogens with two attached hydrogens (primary N) is 1. The van der Waals surface area contributed by atoms with Crippen molar-refractivity contribution < 1.29 is 4.74 Å². The number of hydrogen-bond donors (Lipinski definition) is 1. The molecule has 4 heteroatoms. The number of aryl methyl sites for hydroxylation is 1. The molecule has 1 saturated heterocycles. The van der Waals surface area contributed by atoms with E-state index in [1.807, 2.05) is 11.3 Å². The van der Waals surface area contributed by atoms with Gasteiger partial charge in [0.1, 0.15) is 0 Å². The smallest absolute Gasteiger partial charge is 0.0569 e. The van der Waals surface area contributed by atoms with Crippen molar-refractivity contribution in [3.05, 3.63) is 21.9 Å². The summed E-state index contributed by atoms with van der Waals surface area (Å²) < 4.78 is 5.28. The lowest BCUT2D eigenvalue weighted by Gasteiger charge is -2.43. The van der Waals surface area contributed by atoms with Crippen molar-refractivity contribution >= 4 is 11.3 Å². The monoisotopic (exact) mass is 240 g/mol. The molecule has 0 amide bonds. The summed E-state index contributed by atoms with van der Waals surface area (Å²) >= 11 is 1.83. The average Bonchev–Trinajstić information content (AvgIpc) is 2.58. The van der Waals surface area contributed by atoms with Gasteiger partial charge in [0.15, 0.2) is 0 Å². The fourth-order valence-corrected chi connectivity index (χ4v) is 3.09. The van der Waals surface area contributed by atoms with Crippen LogP contribution in [0.4, 0.5) is 0 Å². The molecule has 0 spiro atoms. The molecule has 1 fully saturated rings. The molecule has 0 bridgehead atoms. The highest BCUT2D eigenvalue weighted by atomic mass is 32.1. The lowest BCUT2D eigenvalue weighted by Crippen LogP contribution is -2.54. The van der Waals surface area contributed by atoms with Crippen molar-refractivity contribution in [2.24, 2.45) is 11.1 Å². The third-order valence-corrected chi connectivity index (χ3v) is 4.24. The van der Waals surface area contributed by atoms with E-state index < -0.39 is 0 Å². The summed E-state index contributed by atoms with van der Waals surface area (Å²) in [6, 6.07) is 2.18. The van der Waals surface area contributed by atoms with Crippen LogP contribution in [0.25, 0.3) is 0 Å². The fourth-order valence-electron chi connectivity index (χ4n) is 2.10. The molecule has 1 aliphatic rings. The van der Waals surface area contributed by atoms with Gasteiger partial charge in [0.2, 0.25) is 0 Å². The first-order chi connectivity index (χ1) is 7.65. The number of thiophene rings is 1. The second-order valence-electron chi connectivity index (χ2n) is 4.90. The summed E-state index contributed by atoms with van der Waals surface area (Å²) in [6.07, 6.45) is 0. The molecule has 1 aliphatic heterocycles. The van der Waals surface area contributed by atoms with Gasteiger partial charge in [-0.05, 0) is 31.0 Å². The van der Waals surface area contributed by atoms with Gasteiger partial charge in [0.25, 0.3) is 0 Å². The van der Waals surface area contributed by atoms with Crippen LogP contribution in [0.2, 0.25) is 0 Å². The highest BCUT2D eigenvalue weighted by molar-refractivity contribution is 7.10. The maximum atomic E-state index is 5.82. The SMILES string of the molecule is Cc1ccsc1CN(C)CC1(CN)COC1. The Hall–Kier alpha value is -0.420. The molecule has 2 N–H and O–H groups in total. The molecule has 2 heterocycles. The molecule has 90 valence electrons. The Morgan fingerprint density at radius 2 is 2.31 bits per heavy atom. The minimum absolute atomic E-state index is 0.208. The normalized spacial score (nSPS) is 18.8. The zero-order chi connectivity index (χ0) is 11.6. The highest BCUT2D eigenvalue weighted by Crippen LogP contribution is 2.28.